The summed E-state index contributed by atoms with van der Waals surface area (Å²) in [6.45, 7) is 2.24. The van der Waals surface area contributed by atoms with Gasteiger partial charge < -0.3 is 0 Å². The number of alkyl halides is 1. The Balaban J connectivity index is 1.67. The number of hydrogen-bond acceptors (Lipinski definition) is 1. The number of thiophene rings is 1. The Morgan fingerprint density at radius 1 is 1.41 bits per heavy atom. The lowest BCUT2D eigenvalue weighted by Crippen LogP contribution is -2.12. The van der Waals surface area contributed by atoms with Crippen LogP contribution in [0.15, 0.2) is 9.85 Å². The van der Waals surface area contributed by atoms with E-state index in [0.29, 0.717) is 4.83 Å². The molecular weight excluding hydrogens is 360 g/mol. The van der Waals surface area contributed by atoms with E-state index in [4.69, 9.17) is 0 Å². The van der Waals surface area contributed by atoms with Gasteiger partial charge in [-0.25, -0.2) is 0 Å². The highest BCUT2D eigenvalue weighted by Crippen LogP contribution is 2.52. The molecule has 2 saturated carbocycles. The van der Waals surface area contributed by atoms with Crippen molar-refractivity contribution in [1.29, 1.82) is 0 Å². The minimum Gasteiger partial charge on any atom is -0.133 e. The Bertz CT molecular complexity index is 412. The largest absolute Gasteiger partial charge is 0.133 e. The highest BCUT2D eigenvalue weighted by Gasteiger charge is 2.40. The molecule has 0 nitrogen and oxygen atoms in total. The van der Waals surface area contributed by atoms with Crippen molar-refractivity contribution >= 4 is 43.2 Å². The molecule has 2 fully saturated rings. The van der Waals surface area contributed by atoms with E-state index in [1.807, 2.05) is 11.3 Å². The van der Waals surface area contributed by atoms with Crippen LogP contribution in [-0.2, 0) is 0 Å². The molecule has 94 valence electrons. The quantitative estimate of drug-likeness (QED) is 0.559. The summed E-state index contributed by atoms with van der Waals surface area (Å²) in [5.74, 6) is 3.10. The molecule has 2 aliphatic rings. The number of aryl methyl sites for hydroxylation is 1. The van der Waals surface area contributed by atoms with E-state index in [1.165, 1.54) is 46.3 Å². The fourth-order valence-electron chi connectivity index (χ4n) is 3.83. The minimum atomic E-state index is 0.564. The van der Waals surface area contributed by atoms with E-state index in [-0.39, 0.29) is 0 Å². The van der Waals surface area contributed by atoms with Crippen molar-refractivity contribution in [2.45, 2.75) is 43.9 Å². The van der Waals surface area contributed by atoms with Gasteiger partial charge in [-0.15, -0.1) is 11.3 Å². The van der Waals surface area contributed by atoms with Gasteiger partial charge in [0.15, 0.2) is 0 Å². The highest BCUT2D eigenvalue weighted by molar-refractivity contribution is 9.11. The van der Waals surface area contributed by atoms with Crippen LogP contribution in [0, 0.1) is 24.7 Å². The standard InChI is InChI=1S/C14H18Br2S/c1-8-12(7-14(16)17-8)13(15)6-11-5-9-2-3-10(11)4-9/h7,9-11,13H,2-6H2,1H3. The summed E-state index contributed by atoms with van der Waals surface area (Å²) in [4.78, 5) is 2.02. The topological polar surface area (TPSA) is 0 Å². The first-order valence-electron chi connectivity index (χ1n) is 6.53. The molecule has 0 saturated heterocycles. The lowest BCUT2D eigenvalue weighted by Gasteiger charge is -2.24. The average molecular weight is 378 g/mol. The van der Waals surface area contributed by atoms with Gasteiger partial charge in [0, 0.05) is 9.70 Å². The molecule has 1 aromatic heterocycles. The van der Waals surface area contributed by atoms with Crippen LogP contribution in [0.1, 0.15) is 47.4 Å². The minimum absolute atomic E-state index is 0.564. The molecule has 3 heteroatoms. The fourth-order valence-corrected chi connectivity index (χ4v) is 6.71. The van der Waals surface area contributed by atoms with E-state index < -0.39 is 0 Å². The molecular formula is C14H18Br2S. The van der Waals surface area contributed by atoms with Crippen LogP contribution in [0.3, 0.4) is 0 Å². The van der Waals surface area contributed by atoms with Gasteiger partial charge in [0.1, 0.15) is 0 Å². The van der Waals surface area contributed by atoms with E-state index in [9.17, 15) is 0 Å². The average Bonchev–Trinajstić information content (AvgIpc) is 2.93. The second-order valence-corrected chi connectivity index (χ2v) is 9.44. The van der Waals surface area contributed by atoms with Crippen molar-refractivity contribution in [2.24, 2.45) is 17.8 Å². The van der Waals surface area contributed by atoms with Gasteiger partial charge in [0.2, 0.25) is 0 Å². The summed E-state index contributed by atoms with van der Waals surface area (Å²) in [6, 6.07) is 2.30. The monoisotopic (exact) mass is 376 g/mol. The molecule has 2 aliphatic carbocycles. The summed E-state index contributed by atoms with van der Waals surface area (Å²) in [7, 11) is 0. The number of fused-ring (bicyclic) bond motifs is 2. The van der Waals surface area contributed by atoms with Crippen molar-refractivity contribution in [3.05, 3.63) is 20.3 Å². The van der Waals surface area contributed by atoms with Gasteiger partial charge in [0.25, 0.3) is 0 Å². The summed E-state index contributed by atoms with van der Waals surface area (Å²) in [5, 5.41) is 0. The van der Waals surface area contributed by atoms with E-state index in [2.05, 4.69) is 44.8 Å². The molecule has 0 N–H and O–H groups in total. The second kappa shape index (κ2) is 4.97. The molecule has 0 amide bonds. The van der Waals surface area contributed by atoms with Crippen LogP contribution in [0.2, 0.25) is 0 Å². The predicted octanol–water partition coefficient (Wildman–Crippen LogP) is 6.08. The molecule has 3 rings (SSSR count). The number of halogens is 2. The molecule has 1 aromatic rings. The van der Waals surface area contributed by atoms with E-state index in [0.717, 1.165) is 17.8 Å². The van der Waals surface area contributed by atoms with Gasteiger partial charge >= 0.3 is 0 Å². The van der Waals surface area contributed by atoms with Gasteiger partial charge in [0.05, 0.1) is 3.79 Å². The lowest BCUT2D eigenvalue weighted by atomic mass is 9.84. The highest BCUT2D eigenvalue weighted by atomic mass is 79.9. The van der Waals surface area contributed by atoms with Crippen LogP contribution in [-0.4, -0.2) is 0 Å². The van der Waals surface area contributed by atoms with Crippen molar-refractivity contribution in [1.82, 2.24) is 0 Å². The van der Waals surface area contributed by atoms with E-state index in [1.54, 1.807) is 0 Å². The third kappa shape index (κ3) is 2.52. The van der Waals surface area contributed by atoms with Crippen molar-refractivity contribution in [2.75, 3.05) is 0 Å². The summed E-state index contributed by atoms with van der Waals surface area (Å²) in [6.07, 6.45) is 7.37. The molecule has 1 heterocycles. The maximum Gasteiger partial charge on any atom is 0.0704 e. The summed E-state index contributed by atoms with van der Waals surface area (Å²) >= 11 is 9.37. The van der Waals surface area contributed by atoms with Crippen molar-refractivity contribution in [3.63, 3.8) is 0 Å². The Morgan fingerprint density at radius 2 is 2.24 bits per heavy atom. The van der Waals surface area contributed by atoms with Crippen LogP contribution >= 0.6 is 43.2 Å². The van der Waals surface area contributed by atoms with Crippen LogP contribution in [0.4, 0.5) is 0 Å². The normalized spacial score (nSPS) is 33.2. The van der Waals surface area contributed by atoms with Crippen LogP contribution in [0.5, 0.6) is 0 Å². The van der Waals surface area contributed by atoms with Gasteiger partial charge in [-0.3, -0.25) is 0 Å². The number of rotatable bonds is 3. The van der Waals surface area contributed by atoms with E-state index >= 15 is 0 Å². The zero-order chi connectivity index (χ0) is 12.0. The first-order chi connectivity index (χ1) is 8.13. The smallest absolute Gasteiger partial charge is 0.0704 e. The Hall–Kier alpha value is 0.660. The predicted molar refractivity (Wildman–Crippen MR) is 82.0 cm³/mol. The molecule has 17 heavy (non-hydrogen) atoms. The Labute approximate surface area is 124 Å². The molecule has 0 aliphatic heterocycles. The maximum atomic E-state index is 3.92. The van der Waals surface area contributed by atoms with Crippen molar-refractivity contribution in [3.8, 4) is 0 Å². The van der Waals surface area contributed by atoms with Crippen molar-refractivity contribution < 1.29 is 0 Å². The SMILES string of the molecule is Cc1sc(Br)cc1C(Br)CC1CC2CCC1C2. The van der Waals surface area contributed by atoms with Gasteiger partial charge in [-0.1, -0.05) is 22.4 Å². The maximum absolute atomic E-state index is 3.92. The third-order valence-corrected chi connectivity index (χ3v) is 7.09. The number of hydrogen-bond donors (Lipinski definition) is 0. The van der Waals surface area contributed by atoms with Crippen LogP contribution < -0.4 is 0 Å². The summed E-state index contributed by atoms with van der Waals surface area (Å²) in [5.41, 5.74) is 1.50. The molecule has 0 aromatic carbocycles. The van der Waals surface area contributed by atoms with Gasteiger partial charge in [-0.2, -0.15) is 0 Å². The first kappa shape index (κ1) is 12.7. The molecule has 4 unspecified atom stereocenters. The zero-order valence-electron chi connectivity index (χ0n) is 10.1. The molecule has 0 radical (unpaired) electrons. The van der Waals surface area contributed by atoms with Gasteiger partial charge in [-0.05, 0) is 77.9 Å². The molecule has 2 bridgehead atoms. The molecule has 4 atom stereocenters. The second-order valence-electron chi connectivity index (χ2n) is 5.70. The Morgan fingerprint density at radius 3 is 2.76 bits per heavy atom. The summed E-state index contributed by atoms with van der Waals surface area (Å²) < 4.78 is 1.27. The van der Waals surface area contributed by atoms with Crippen LogP contribution in [0.25, 0.3) is 0 Å². The third-order valence-electron chi connectivity index (χ3n) is 4.66. The lowest BCUT2D eigenvalue weighted by molar-refractivity contribution is 0.314. The zero-order valence-corrected chi connectivity index (χ0v) is 14.1. The fraction of sp³-hybridized carbons (Fsp3) is 0.714. The Kier molecular flexibility index (Phi) is 3.71. The first-order valence-corrected chi connectivity index (χ1v) is 9.06. The molecule has 0 spiro atoms.